The summed E-state index contributed by atoms with van der Waals surface area (Å²) in [6, 6.07) is 0. The van der Waals surface area contributed by atoms with E-state index >= 15 is 0 Å². The van der Waals surface area contributed by atoms with Crippen molar-refractivity contribution in [3.63, 3.8) is 0 Å². The predicted octanol–water partition coefficient (Wildman–Crippen LogP) is 2.48. The zero-order valence-corrected chi connectivity index (χ0v) is 14.8. The number of Topliss-reactive ketones (excluding diaryl/α,β-unsaturated/α-hetero) is 1. The lowest BCUT2D eigenvalue weighted by Crippen LogP contribution is -2.53. The number of carbonyl (C=O) groups excluding carboxylic acids is 1. The monoisotopic (exact) mass is 313 g/mol. The molecule has 1 saturated heterocycles. The molecule has 3 nitrogen and oxygen atoms in total. The van der Waals surface area contributed by atoms with Gasteiger partial charge in [-0.3, -0.25) is 4.79 Å². The number of carbonyl (C=O) groups is 1. The van der Waals surface area contributed by atoms with Gasteiger partial charge in [-0.1, -0.05) is 11.6 Å². The van der Waals surface area contributed by atoms with Crippen molar-refractivity contribution < 1.29 is 14.6 Å². The summed E-state index contributed by atoms with van der Waals surface area (Å²) >= 11 is 0. The van der Waals surface area contributed by atoms with Crippen molar-refractivity contribution in [3.8, 4) is 0 Å². The van der Waals surface area contributed by atoms with E-state index < -0.39 is 5.60 Å². The second kappa shape index (κ2) is 6.05. The van der Waals surface area contributed by atoms with Crippen LogP contribution in [0, 0.1) is 5.92 Å². The highest BCUT2D eigenvalue weighted by atomic mass is 32.2. The topological polar surface area (TPSA) is 49.8 Å². The van der Waals surface area contributed by atoms with Gasteiger partial charge in [-0.2, -0.15) is 0 Å². The van der Waals surface area contributed by atoms with Crippen molar-refractivity contribution >= 4 is 16.7 Å². The molecule has 4 atom stereocenters. The van der Waals surface area contributed by atoms with Gasteiger partial charge in [0.05, 0.1) is 24.2 Å². The molecule has 1 aliphatic carbocycles. The maximum atomic E-state index is 11.9. The van der Waals surface area contributed by atoms with Crippen LogP contribution in [-0.4, -0.2) is 46.5 Å². The van der Waals surface area contributed by atoms with Crippen molar-refractivity contribution in [1.82, 2.24) is 0 Å². The Morgan fingerprint density at radius 3 is 2.71 bits per heavy atom. The van der Waals surface area contributed by atoms with Gasteiger partial charge in [0.25, 0.3) is 0 Å². The van der Waals surface area contributed by atoms with Crippen molar-refractivity contribution in [2.24, 2.45) is 5.92 Å². The Hall–Kier alpha value is -0.320. The molecule has 0 aromatic rings. The lowest BCUT2D eigenvalue weighted by Gasteiger charge is -2.40. The third-order valence-electron chi connectivity index (χ3n) is 4.87. The summed E-state index contributed by atoms with van der Waals surface area (Å²) < 4.78 is 5.97. The van der Waals surface area contributed by atoms with Gasteiger partial charge in [0.15, 0.2) is 0 Å². The quantitative estimate of drug-likeness (QED) is 0.482. The zero-order chi connectivity index (χ0) is 15.8. The van der Waals surface area contributed by atoms with E-state index in [4.69, 9.17) is 4.74 Å². The standard InChI is InChI=1S/C17H29O3S/c1-12(2)6-7-15-16(3,20-15)14-10-13(18)8-9-17(14,19)11-21(4)5/h6,14-15,19H,7-11H2,1-5H3/q+1/t14-,15-,16+,17+/m1/s1. The molecule has 4 heteroatoms. The normalized spacial score (nSPS) is 39.5. The van der Waals surface area contributed by atoms with Crippen molar-refractivity contribution in [3.05, 3.63) is 11.6 Å². The highest BCUT2D eigenvalue weighted by molar-refractivity contribution is 7.95. The number of rotatable bonds is 5. The van der Waals surface area contributed by atoms with Gasteiger partial charge in [0.1, 0.15) is 17.1 Å². The molecule has 2 aliphatic rings. The molecule has 0 aromatic heterocycles. The van der Waals surface area contributed by atoms with Crippen LogP contribution in [0.1, 0.15) is 46.5 Å². The first kappa shape index (κ1) is 17.0. The summed E-state index contributed by atoms with van der Waals surface area (Å²) in [4.78, 5) is 11.9. The van der Waals surface area contributed by atoms with Gasteiger partial charge in [-0.05, 0) is 44.5 Å². The summed E-state index contributed by atoms with van der Waals surface area (Å²) in [5.74, 6) is 0.991. The minimum Gasteiger partial charge on any atom is -0.385 e. The van der Waals surface area contributed by atoms with Crippen LogP contribution in [0.2, 0.25) is 0 Å². The minimum absolute atomic E-state index is 0.0586. The molecule has 21 heavy (non-hydrogen) atoms. The number of epoxide rings is 1. The second-order valence-electron chi connectivity index (χ2n) is 7.34. The molecule has 1 aliphatic heterocycles. The number of hydrogen-bond donors (Lipinski definition) is 1. The van der Waals surface area contributed by atoms with Crippen molar-refractivity contribution in [2.75, 3.05) is 18.3 Å². The van der Waals surface area contributed by atoms with Gasteiger partial charge in [0, 0.05) is 18.8 Å². The number of ether oxygens (including phenoxy) is 1. The van der Waals surface area contributed by atoms with Crippen LogP contribution in [-0.2, 0) is 20.4 Å². The van der Waals surface area contributed by atoms with Crippen LogP contribution in [0.4, 0.5) is 0 Å². The van der Waals surface area contributed by atoms with E-state index in [1.807, 2.05) is 0 Å². The number of aliphatic hydroxyl groups is 1. The Labute approximate surface area is 131 Å². The van der Waals surface area contributed by atoms with E-state index in [1.165, 1.54) is 5.57 Å². The Balaban J connectivity index is 2.14. The first-order valence-corrected chi connectivity index (χ1v) is 9.98. The van der Waals surface area contributed by atoms with Crippen LogP contribution in [0.3, 0.4) is 0 Å². The average molecular weight is 313 g/mol. The third-order valence-corrected chi connectivity index (χ3v) is 5.94. The van der Waals surface area contributed by atoms with E-state index in [1.54, 1.807) is 0 Å². The van der Waals surface area contributed by atoms with Gasteiger partial charge < -0.3 is 9.84 Å². The van der Waals surface area contributed by atoms with E-state index in [0.717, 1.165) is 12.2 Å². The molecule has 1 N–H and O–H groups in total. The van der Waals surface area contributed by atoms with Gasteiger partial charge in [-0.25, -0.2) is 0 Å². The maximum absolute atomic E-state index is 11.9. The lowest BCUT2D eigenvalue weighted by molar-refractivity contribution is -0.132. The summed E-state index contributed by atoms with van der Waals surface area (Å²) in [5, 5.41) is 11.1. The summed E-state index contributed by atoms with van der Waals surface area (Å²) in [6.45, 7) is 6.24. The van der Waals surface area contributed by atoms with E-state index in [0.29, 0.717) is 19.3 Å². The molecule has 0 radical (unpaired) electrons. The first-order chi connectivity index (χ1) is 9.67. The Morgan fingerprint density at radius 1 is 1.48 bits per heavy atom. The molecular weight excluding hydrogens is 284 g/mol. The molecule has 0 amide bonds. The molecule has 120 valence electrons. The SMILES string of the molecule is CC(C)=CC[C@H]1O[C@@]1(C)[C@H]1CC(=O)CC[C@]1(O)C[S+](C)C. The van der Waals surface area contributed by atoms with Crippen LogP contribution in [0.5, 0.6) is 0 Å². The Kier molecular flexibility index (Phi) is 4.91. The van der Waals surface area contributed by atoms with Gasteiger partial charge in [0.2, 0.25) is 0 Å². The third kappa shape index (κ3) is 3.72. The first-order valence-electron chi connectivity index (χ1n) is 7.77. The Bertz CT molecular complexity index is 441. The molecule has 0 aromatic carbocycles. The van der Waals surface area contributed by atoms with Gasteiger partial charge in [-0.15, -0.1) is 0 Å². The molecule has 1 saturated carbocycles. The average Bonchev–Trinajstić information content (AvgIpc) is 3.01. The van der Waals surface area contributed by atoms with Crippen LogP contribution in [0.25, 0.3) is 0 Å². The van der Waals surface area contributed by atoms with E-state index in [9.17, 15) is 9.90 Å². The molecule has 0 unspecified atom stereocenters. The van der Waals surface area contributed by atoms with Crippen LogP contribution >= 0.6 is 0 Å². The molecular formula is C17H29O3S+. The second-order valence-corrected chi connectivity index (χ2v) is 9.60. The molecule has 1 heterocycles. The Morgan fingerprint density at radius 2 is 2.14 bits per heavy atom. The molecule has 2 rings (SSSR count). The maximum Gasteiger partial charge on any atom is 0.136 e. The fraction of sp³-hybridized carbons (Fsp3) is 0.824. The predicted molar refractivity (Wildman–Crippen MR) is 88.7 cm³/mol. The molecule has 0 spiro atoms. The fourth-order valence-corrected chi connectivity index (χ4v) is 5.01. The highest BCUT2D eigenvalue weighted by Crippen LogP contribution is 2.53. The number of allylic oxidation sites excluding steroid dienone is 1. The summed E-state index contributed by atoms with van der Waals surface area (Å²) in [7, 11) is 0.157. The van der Waals surface area contributed by atoms with Gasteiger partial charge >= 0.3 is 0 Å². The lowest BCUT2D eigenvalue weighted by atomic mass is 9.68. The largest absolute Gasteiger partial charge is 0.385 e. The van der Waals surface area contributed by atoms with E-state index in [2.05, 4.69) is 39.4 Å². The molecule has 2 fully saturated rings. The summed E-state index contributed by atoms with van der Waals surface area (Å²) in [5.41, 5.74) is 0.206. The van der Waals surface area contributed by atoms with Crippen molar-refractivity contribution in [2.45, 2.75) is 63.8 Å². The highest BCUT2D eigenvalue weighted by Gasteiger charge is 2.64. The molecule has 0 bridgehead atoms. The number of ketones is 1. The van der Waals surface area contributed by atoms with Crippen LogP contribution < -0.4 is 0 Å². The number of hydrogen-bond acceptors (Lipinski definition) is 3. The minimum atomic E-state index is -0.741. The van der Waals surface area contributed by atoms with Crippen LogP contribution in [0.15, 0.2) is 11.6 Å². The van der Waals surface area contributed by atoms with Crippen molar-refractivity contribution in [1.29, 1.82) is 0 Å². The fourth-order valence-electron chi connectivity index (χ4n) is 3.66. The smallest absolute Gasteiger partial charge is 0.136 e. The van der Waals surface area contributed by atoms with E-state index in [-0.39, 0.29) is 34.3 Å². The zero-order valence-electron chi connectivity index (χ0n) is 13.9. The summed E-state index contributed by atoms with van der Waals surface area (Å²) in [6.07, 6.45) is 9.09.